The number of nitrogens with one attached hydrogen (secondary N) is 2. The summed E-state index contributed by atoms with van der Waals surface area (Å²) in [4.78, 5) is 22.9. The third-order valence-electron chi connectivity index (χ3n) is 3.86. The molecule has 0 radical (unpaired) electrons. The van der Waals surface area contributed by atoms with Crippen LogP contribution in [0, 0.1) is 10.1 Å². The van der Waals surface area contributed by atoms with Gasteiger partial charge >= 0.3 is 0 Å². The minimum Gasteiger partial charge on any atom is -0.496 e. The van der Waals surface area contributed by atoms with Crippen LogP contribution < -0.4 is 14.8 Å². The van der Waals surface area contributed by atoms with Gasteiger partial charge in [0.2, 0.25) is 10.0 Å². The van der Waals surface area contributed by atoms with Crippen molar-refractivity contribution in [2.24, 2.45) is 0 Å². The van der Waals surface area contributed by atoms with Gasteiger partial charge in [-0.3, -0.25) is 14.9 Å². The molecule has 1 amide bonds. The summed E-state index contributed by atoms with van der Waals surface area (Å²) >= 11 is 0. The number of rotatable bonds is 9. The Morgan fingerprint density at radius 1 is 1.21 bits per heavy atom. The van der Waals surface area contributed by atoms with Crippen molar-refractivity contribution < 1.29 is 22.9 Å². The molecule has 2 rings (SSSR count). The minimum absolute atomic E-state index is 0.00686. The maximum Gasteiger partial charge on any atom is 0.270 e. The fraction of sp³-hybridized carbons (Fsp3) is 0.278. The molecule has 2 N–H and O–H groups in total. The van der Waals surface area contributed by atoms with Crippen LogP contribution in [0.3, 0.4) is 0 Å². The van der Waals surface area contributed by atoms with Crippen molar-refractivity contribution in [3.8, 4) is 5.75 Å². The Kier molecular flexibility index (Phi) is 7.07. The van der Waals surface area contributed by atoms with E-state index in [2.05, 4.69) is 10.0 Å². The molecule has 0 bridgehead atoms. The Morgan fingerprint density at radius 3 is 2.61 bits per heavy atom. The highest BCUT2D eigenvalue weighted by molar-refractivity contribution is 7.89. The zero-order chi connectivity index (χ0) is 20.7. The van der Waals surface area contributed by atoms with Crippen molar-refractivity contribution in [2.75, 3.05) is 19.0 Å². The summed E-state index contributed by atoms with van der Waals surface area (Å²) in [5.41, 5.74) is -0.0645. The SMILES string of the molecule is CCCCNS(=O)(=O)c1cccc(NC(=O)c2cc([N+](=O)[O-])ccc2OC)c1. The standard InChI is InChI=1S/C18H21N3O6S/c1-3-4-10-19-28(25,26)15-7-5-6-13(11-15)20-18(22)16-12-14(21(23)24)8-9-17(16)27-2/h5-9,11-12,19H,3-4,10H2,1-2H3,(H,20,22). The molecule has 0 aliphatic heterocycles. The molecule has 150 valence electrons. The third kappa shape index (κ3) is 5.27. The van der Waals surface area contributed by atoms with E-state index in [9.17, 15) is 23.3 Å². The fourth-order valence-corrected chi connectivity index (χ4v) is 3.51. The lowest BCUT2D eigenvalue weighted by atomic mass is 10.1. The number of nitro groups is 1. The highest BCUT2D eigenvalue weighted by Crippen LogP contribution is 2.25. The smallest absolute Gasteiger partial charge is 0.270 e. The predicted octanol–water partition coefficient (Wildman–Crippen LogP) is 2.93. The van der Waals surface area contributed by atoms with E-state index in [0.717, 1.165) is 12.5 Å². The Bertz CT molecular complexity index is 975. The quantitative estimate of drug-likeness (QED) is 0.374. The average Bonchev–Trinajstić information content (AvgIpc) is 2.67. The lowest BCUT2D eigenvalue weighted by Crippen LogP contribution is -2.24. The van der Waals surface area contributed by atoms with Crippen molar-refractivity contribution in [1.29, 1.82) is 0 Å². The third-order valence-corrected chi connectivity index (χ3v) is 5.32. The van der Waals surface area contributed by atoms with E-state index < -0.39 is 20.9 Å². The van der Waals surface area contributed by atoms with Crippen molar-refractivity contribution >= 4 is 27.3 Å². The van der Waals surface area contributed by atoms with E-state index in [1.807, 2.05) is 6.92 Å². The van der Waals surface area contributed by atoms with E-state index in [0.29, 0.717) is 13.0 Å². The van der Waals surface area contributed by atoms with Crippen LogP contribution in [-0.4, -0.2) is 32.9 Å². The monoisotopic (exact) mass is 407 g/mol. The van der Waals surface area contributed by atoms with Crippen molar-refractivity contribution in [2.45, 2.75) is 24.7 Å². The number of nitrogens with zero attached hydrogens (tertiary/aromatic N) is 1. The zero-order valence-electron chi connectivity index (χ0n) is 15.5. The van der Waals surface area contributed by atoms with Gasteiger partial charge in [-0.1, -0.05) is 19.4 Å². The number of amides is 1. The number of ether oxygens (including phenoxy) is 1. The van der Waals surface area contributed by atoms with Gasteiger partial charge < -0.3 is 10.1 Å². The maximum atomic E-state index is 12.6. The highest BCUT2D eigenvalue weighted by Gasteiger charge is 2.19. The number of anilines is 1. The van der Waals surface area contributed by atoms with Crippen LogP contribution in [0.5, 0.6) is 5.75 Å². The summed E-state index contributed by atoms with van der Waals surface area (Å²) in [7, 11) is -2.36. The number of carbonyl (C=O) groups excluding carboxylic acids is 1. The Balaban J connectivity index is 2.26. The van der Waals surface area contributed by atoms with Crippen molar-refractivity contribution in [3.05, 3.63) is 58.1 Å². The van der Waals surface area contributed by atoms with Crippen LogP contribution >= 0.6 is 0 Å². The highest BCUT2D eigenvalue weighted by atomic mass is 32.2. The average molecular weight is 407 g/mol. The zero-order valence-corrected chi connectivity index (χ0v) is 16.3. The molecule has 9 nitrogen and oxygen atoms in total. The van der Waals surface area contributed by atoms with Crippen molar-refractivity contribution in [3.63, 3.8) is 0 Å². The predicted molar refractivity (Wildman–Crippen MR) is 104 cm³/mol. The summed E-state index contributed by atoms with van der Waals surface area (Å²) in [5.74, 6) is -0.498. The van der Waals surface area contributed by atoms with E-state index in [4.69, 9.17) is 4.74 Å². The summed E-state index contributed by atoms with van der Waals surface area (Å²) in [5, 5.41) is 13.5. The molecule has 0 saturated heterocycles. The summed E-state index contributed by atoms with van der Waals surface area (Å²) in [6.45, 7) is 2.27. The Morgan fingerprint density at radius 2 is 1.96 bits per heavy atom. The van der Waals surface area contributed by atoms with Gasteiger partial charge in [-0.15, -0.1) is 0 Å². The molecule has 0 atom stereocenters. The molecule has 2 aromatic rings. The number of nitro benzene ring substituents is 1. The molecular weight excluding hydrogens is 386 g/mol. The van der Waals surface area contributed by atoms with Crippen LogP contribution in [0.4, 0.5) is 11.4 Å². The number of carbonyl (C=O) groups is 1. The number of hydrogen-bond donors (Lipinski definition) is 2. The lowest BCUT2D eigenvalue weighted by molar-refractivity contribution is -0.384. The van der Waals surface area contributed by atoms with Crippen LogP contribution in [-0.2, 0) is 10.0 Å². The van der Waals surface area contributed by atoms with Gasteiger partial charge in [-0.25, -0.2) is 13.1 Å². The molecule has 28 heavy (non-hydrogen) atoms. The fourth-order valence-electron chi connectivity index (χ4n) is 2.39. The molecular formula is C18H21N3O6S. The van der Waals surface area contributed by atoms with Crippen LogP contribution in [0.1, 0.15) is 30.1 Å². The number of unbranched alkanes of at least 4 members (excludes halogenated alkanes) is 1. The second-order valence-corrected chi connectivity index (χ2v) is 7.64. The first kappa shape index (κ1) is 21.3. The number of sulfonamides is 1. The Labute approximate surface area is 162 Å². The first-order valence-corrected chi connectivity index (χ1v) is 10.0. The lowest BCUT2D eigenvalue weighted by Gasteiger charge is -2.11. The van der Waals surface area contributed by atoms with E-state index in [1.165, 1.54) is 43.5 Å². The normalized spacial score (nSPS) is 11.1. The molecule has 0 saturated carbocycles. The van der Waals surface area contributed by atoms with E-state index >= 15 is 0 Å². The second-order valence-electron chi connectivity index (χ2n) is 5.87. The largest absolute Gasteiger partial charge is 0.496 e. The summed E-state index contributed by atoms with van der Waals surface area (Å²) in [6.07, 6.45) is 1.56. The van der Waals surface area contributed by atoms with Gasteiger partial charge in [0.1, 0.15) is 5.75 Å². The van der Waals surface area contributed by atoms with Gasteiger partial charge in [0, 0.05) is 24.4 Å². The number of non-ortho nitro benzene ring substituents is 1. The minimum atomic E-state index is -3.70. The van der Waals surface area contributed by atoms with Crippen molar-refractivity contribution in [1.82, 2.24) is 4.72 Å². The first-order valence-electron chi connectivity index (χ1n) is 8.52. The molecule has 0 heterocycles. The van der Waals surface area contributed by atoms with Gasteiger partial charge in [0.25, 0.3) is 11.6 Å². The molecule has 0 fully saturated rings. The van der Waals surface area contributed by atoms with Gasteiger partial charge in [0.15, 0.2) is 0 Å². The van der Waals surface area contributed by atoms with E-state index in [1.54, 1.807) is 0 Å². The Hall–Kier alpha value is -2.98. The van der Waals surface area contributed by atoms with Gasteiger partial charge in [-0.05, 0) is 30.7 Å². The second kappa shape index (κ2) is 9.29. The van der Waals surface area contributed by atoms with Gasteiger partial charge in [0.05, 0.1) is 22.5 Å². The topological polar surface area (TPSA) is 128 Å². The van der Waals surface area contributed by atoms with Crippen LogP contribution in [0.25, 0.3) is 0 Å². The van der Waals surface area contributed by atoms with Gasteiger partial charge in [-0.2, -0.15) is 0 Å². The first-order chi connectivity index (χ1) is 13.3. The van der Waals surface area contributed by atoms with E-state index in [-0.39, 0.29) is 27.6 Å². The molecule has 0 aliphatic rings. The molecule has 0 aliphatic carbocycles. The number of hydrogen-bond acceptors (Lipinski definition) is 6. The molecule has 2 aromatic carbocycles. The summed E-state index contributed by atoms with van der Waals surface area (Å²) in [6, 6.07) is 9.40. The molecule has 0 unspecified atom stereocenters. The molecule has 0 aromatic heterocycles. The molecule has 10 heteroatoms. The maximum absolute atomic E-state index is 12.6. The number of benzene rings is 2. The summed E-state index contributed by atoms with van der Waals surface area (Å²) < 4.78 is 32.2. The van der Waals surface area contributed by atoms with Crippen LogP contribution in [0.2, 0.25) is 0 Å². The number of methoxy groups -OCH3 is 1. The molecule has 0 spiro atoms. The van der Waals surface area contributed by atoms with Crippen LogP contribution in [0.15, 0.2) is 47.4 Å².